The molecule has 0 amide bonds. The number of fused-ring (bicyclic) bond motifs is 1. The molecule has 26 heavy (non-hydrogen) atoms. The lowest BCUT2D eigenvalue weighted by atomic mass is 10.0. The molecular formula is C23H30N2O. The van der Waals surface area contributed by atoms with E-state index in [1.165, 1.54) is 47.2 Å². The molecule has 3 heteroatoms. The number of hydrogen-bond donors (Lipinski definition) is 0. The molecule has 1 saturated heterocycles. The van der Waals surface area contributed by atoms with Crippen molar-refractivity contribution >= 4 is 5.69 Å². The number of ether oxygens (including phenoxy) is 1. The molecule has 0 N–H and O–H groups in total. The zero-order valence-corrected chi connectivity index (χ0v) is 15.9. The highest BCUT2D eigenvalue weighted by atomic mass is 16.5. The molecule has 2 aliphatic heterocycles. The van der Waals surface area contributed by atoms with Crippen molar-refractivity contribution in [1.29, 1.82) is 0 Å². The Morgan fingerprint density at radius 1 is 0.885 bits per heavy atom. The van der Waals surface area contributed by atoms with Crippen LogP contribution in [0.5, 0.6) is 0 Å². The van der Waals surface area contributed by atoms with E-state index in [1.807, 2.05) is 0 Å². The lowest BCUT2D eigenvalue weighted by molar-refractivity contribution is 0.0342. The summed E-state index contributed by atoms with van der Waals surface area (Å²) in [6, 6.07) is 16.1. The third kappa shape index (κ3) is 4.28. The van der Waals surface area contributed by atoms with E-state index >= 15 is 0 Å². The van der Waals surface area contributed by atoms with Crippen LogP contribution in [0.3, 0.4) is 0 Å². The van der Waals surface area contributed by atoms with Gasteiger partial charge in [0.25, 0.3) is 0 Å². The summed E-state index contributed by atoms with van der Waals surface area (Å²) in [6.07, 6.45) is 3.79. The van der Waals surface area contributed by atoms with Gasteiger partial charge >= 0.3 is 0 Å². The van der Waals surface area contributed by atoms with E-state index in [2.05, 4.69) is 59.2 Å². The summed E-state index contributed by atoms with van der Waals surface area (Å²) in [5.41, 5.74) is 7.16. The first-order valence-corrected chi connectivity index (χ1v) is 10.0. The van der Waals surface area contributed by atoms with Crippen LogP contribution in [0.4, 0.5) is 5.69 Å². The molecule has 0 bridgehead atoms. The second kappa shape index (κ2) is 8.24. The van der Waals surface area contributed by atoms with E-state index in [1.54, 1.807) is 0 Å². The van der Waals surface area contributed by atoms with Crippen molar-refractivity contribution in [1.82, 2.24) is 4.90 Å². The maximum Gasteiger partial charge on any atom is 0.0594 e. The van der Waals surface area contributed by atoms with Crippen molar-refractivity contribution in [2.24, 2.45) is 0 Å². The highest BCUT2D eigenvalue weighted by molar-refractivity contribution is 5.56. The Kier molecular flexibility index (Phi) is 5.57. The quantitative estimate of drug-likeness (QED) is 0.823. The molecule has 3 nitrogen and oxygen atoms in total. The average molecular weight is 351 g/mol. The van der Waals surface area contributed by atoms with Crippen LogP contribution in [-0.4, -0.2) is 37.7 Å². The molecule has 0 spiro atoms. The van der Waals surface area contributed by atoms with Gasteiger partial charge in [-0.25, -0.2) is 0 Å². The number of anilines is 1. The zero-order valence-electron chi connectivity index (χ0n) is 15.9. The van der Waals surface area contributed by atoms with E-state index in [0.29, 0.717) is 0 Å². The molecule has 2 aromatic rings. The van der Waals surface area contributed by atoms with Gasteiger partial charge in [-0.3, -0.25) is 4.90 Å². The number of rotatable bonds is 4. The predicted molar refractivity (Wildman–Crippen MR) is 108 cm³/mol. The Bertz CT molecular complexity index is 737. The summed E-state index contributed by atoms with van der Waals surface area (Å²) < 4.78 is 5.47. The topological polar surface area (TPSA) is 15.7 Å². The third-order valence-electron chi connectivity index (χ3n) is 5.58. The number of benzene rings is 2. The largest absolute Gasteiger partial charge is 0.379 e. The van der Waals surface area contributed by atoms with E-state index in [0.717, 1.165) is 45.9 Å². The van der Waals surface area contributed by atoms with Crippen LogP contribution in [0.2, 0.25) is 0 Å². The summed E-state index contributed by atoms with van der Waals surface area (Å²) in [7, 11) is 0. The summed E-state index contributed by atoms with van der Waals surface area (Å²) in [4.78, 5) is 5.08. The fourth-order valence-corrected chi connectivity index (χ4v) is 4.15. The van der Waals surface area contributed by atoms with Crippen molar-refractivity contribution < 1.29 is 4.74 Å². The average Bonchev–Trinajstić information content (AvgIpc) is 2.85. The third-order valence-corrected chi connectivity index (χ3v) is 5.58. The van der Waals surface area contributed by atoms with E-state index in [9.17, 15) is 0 Å². The van der Waals surface area contributed by atoms with E-state index in [-0.39, 0.29) is 0 Å². The van der Waals surface area contributed by atoms with Crippen LogP contribution in [0.1, 0.15) is 35.1 Å². The van der Waals surface area contributed by atoms with Gasteiger partial charge in [0.05, 0.1) is 13.2 Å². The zero-order chi connectivity index (χ0) is 17.8. The van der Waals surface area contributed by atoms with Gasteiger partial charge in [-0.05, 0) is 54.5 Å². The first kappa shape index (κ1) is 17.6. The van der Waals surface area contributed by atoms with Crippen LogP contribution < -0.4 is 4.90 Å². The minimum absolute atomic E-state index is 0.865. The second-order valence-electron chi connectivity index (χ2n) is 7.72. The number of nitrogens with zero attached hydrogens (tertiary/aromatic N) is 2. The molecular weight excluding hydrogens is 320 g/mol. The second-order valence-corrected chi connectivity index (χ2v) is 7.72. The molecule has 2 aliphatic rings. The van der Waals surface area contributed by atoms with Gasteiger partial charge in [0.2, 0.25) is 0 Å². The monoisotopic (exact) mass is 350 g/mol. The van der Waals surface area contributed by atoms with E-state index < -0.39 is 0 Å². The van der Waals surface area contributed by atoms with Crippen molar-refractivity contribution in [2.75, 3.05) is 37.7 Å². The fraction of sp³-hybridized carbons (Fsp3) is 0.478. The number of morpholine rings is 1. The highest BCUT2D eigenvalue weighted by Gasteiger charge is 2.16. The smallest absolute Gasteiger partial charge is 0.0594 e. The normalized spacial score (nSPS) is 18.4. The minimum Gasteiger partial charge on any atom is -0.379 e. The molecule has 0 aliphatic carbocycles. The molecule has 0 radical (unpaired) electrons. The van der Waals surface area contributed by atoms with Crippen molar-refractivity contribution in [3.8, 4) is 0 Å². The maximum absolute atomic E-state index is 5.47. The fourth-order valence-electron chi connectivity index (χ4n) is 4.15. The van der Waals surface area contributed by atoms with Crippen LogP contribution in [0.25, 0.3) is 0 Å². The van der Waals surface area contributed by atoms with E-state index in [4.69, 9.17) is 4.74 Å². The van der Waals surface area contributed by atoms with Gasteiger partial charge in [0, 0.05) is 38.4 Å². The lowest BCUT2D eigenvalue weighted by Crippen LogP contribution is -2.35. The number of hydrogen-bond acceptors (Lipinski definition) is 3. The van der Waals surface area contributed by atoms with Gasteiger partial charge < -0.3 is 9.64 Å². The van der Waals surface area contributed by atoms with Crippen LogP contribution in [-0.2, 0) is 24.2 Å². The summed E-state index contributed by atoms with van der Waals surface area (Å²) >= 11 is 0. The molecule has 0 atom stereocenters. The van der Waals surface area contributed by atoms with Gasteiger partial charge in [0.1, 0.15) is 0 Å². The molecule has 4 rings (SSSR count). The summed E-state index contributed by atoms with van der Waals surface area (Å²) in [5, 5.41) is 0. The molecule has 1 fully saturated rings. The Labute approximate surface area is 157 Å². The Balaban J connectivity index is 1.50. The highest BCUT2D eigenvalue weighted by Crippen LogP contribution is 2.29. The van der Waals surface area contributed by atoms with Gasteiger partial charge in [-0.15, -0.1) is 0 Å². The molecule has 0 unspecified atom stereocenters. The maximum atomic E-state index is 5.47. The molecule has 2 heterocycles. The number of aryl methyl sites for hydroxylation is 2. The van der Waals surface area contributed by atoms with Crippen molar-refractivity contribution in [3.05, 3.63) is 64.7 Å². The van der Waals surface area contributed by atoms with Crippen molar-refractivity contribution in [2.45, 2.75) is 39.3 Å². The molecule has 0 aromatic heterocycles. The first-order chi connectivity index (χ1) is 12.8. The first-order valence-electron chi connectivity index (χ1n) is 10.0. The Morgan fingerprint density at radius 2 is 1.69 bits per heavy atom. The van der Waals surface area contributed by atoms with Gasteiger partial charge in [-0.2, -0.15) is 0 Å². The summed E-state index contributed by atoms with van der Waals surface area (Å²) in [5.74, 6) is 0. The lowest BCUT2D eigenvalue weighted by Gasteiger charge is -2.28. The Hall–Kier alpha value is -1.84. The molecule has 0 saturated carbocycles. The molecule has 2 aromatic carbocycles. The molecule has 138 valence electrons. The minimum atomic E-state index is 0.865. The summed E-state index contributed by atoms with van der Waals surface area (Å²) in [6.45, 7) is 9.22. The van der Waals surface area contributed by atoms with Crippen molar-refractivity contribution in [3.63, 3.8) is 0 Å². The van der Waals surface area contributed by atoms with Gasteiger partial charge in [-0.1, -0.05) is 36.4 Å². The van der Waals surface area contributed by atoms with Gasteiger partial charge in [0.15, 0.2) is 0 Å². The standard InChI is InChI=1S/C23H30N2O/c1-19-8-9-22-7-2-3-10-25(23(22)15-19)18-21-6-4-5-20(16-21)17-24-11-13-26-14-12-24/h4-6,8-9,15-16H,2-3,7,10-14,17-18H2,1H3. The Morgan fingerprint density at radius 3 is 2.54 bits per heavy atom. The van der Waals surface area contributed by atoms with Crippen LogP contribution in [0, 0.1) is 6.92 Å². The van der Waals surface area contributed by atoms with Crippen LogP contribution in [0.15, 0.2) is 42.5 Å². The SMILES string of the molecule is Cc1ccc2c(c1)N(Cc1cccc(CN3CCOCC3)c1)CCCC2. The van der Waals surface area contributed by atoms with Crippen LogP contribution >= 0.6 is 0 Å². The predicted octanol–water partition coefficient (Wildman–Crippen LogP) is 4.17.